The van der Waals surface area contributed by atoms with Crippen LogP contribution in [-0.4, -0.2) is 17.9 Å². The Hall–Kier alpha value is -4.78. The average molecular weight is 541 g/mol. The highest BCUT2D eigenvalue weighted by atomic mass is 19.1. The van der Waals surface area contributed by atoms with E-state index >= 15 is 4.39 Å². The number of hydrogen-bond acceptors (Lipinski definition) is 6. The molecule has 0 amide bonds. The molecule has 0 saturated carbocycles. The lowest BCUT2D eigenvalue weighted by molar-refractivity contribution is -0.144. The first-order chi connectivity index (χ1) is 18.9. The van der Waals surface area contributed by atoms with Crippen molar-refractivity contribution in [2.24, 2.45) is 0 Å². The minimum atomic E-state index is -0.714. The van der Waals surface area contributed by atoms with Crippen molar-refractivity contribution in [3.05, 3.63) is 108 Å². The number of esters is 3. The Labute approximate surface area is 232 Å². The van der Waals surface area contributed by atoms with E-state index in [1.165, 1.54) is 32.0 Å². The second-order valence-corrected chi connectivity index (χ2v) is 9.82. The number of carbonyl (C=O) groups excluding carboxylic acids is 3. The molecule has 0 bridgehead atoms. The number of hydrogen-bond donors (Lipinski definition) is 0. The van der Waals surface area contributed by atoms with Crippen molar-refractivity contribution in [2.75, 3.05) is 0 Å². The van der Waals surface area contributed by atoms with Gasteiger partial charge in [-0.1, -0.05) is 56.1 Å². The second kappa shape index (κ2) is 11.5. The third-order valence-corrected chi connectivity index (χ3v) is 6.42. The van der Waals surface area contributed by atoms with Crippen molar-refractivity contribution in [3.8, 4) is 33.8 Å². The normalized spacial score (nSPS) is 13.7. The van der Waals surface area contributed by atoms with Crippen molar-refractivity contribution in [1.82, 2.24) is 0 Å². The monoisotopic (exact) mass is 540 g/mol. The van der Waals surface area contributed by atoms with E-state index in [2.05, 4.69) is 19.7 Å². The molecule has 1 aliphatic rings. The third kappa shape index (κ3) is 6.10. The van der Waals surface area contributed by atoms with Gasteiger partial charge >= 0.3 is 17.9 Å². The first kappa shape index (κ1) is 28.2. The van der Waals surface area contributed by atoms with Crippen LogP contribution in [0.2, 0.25) is 0 Å². The van der Waals surface area contributed by atoms with Gasteiger partial charge in [0.2, 0.25) is 0 Å². The van der Waals surface area contributed by atoms with Gasteiger partial charge in [0.1, 0.15) is 11.9 Å². The van der Waals surface area contributed by atoms with Crippen molar-refractivity contribution in [1.29, 1.82) is 0 Å². The van der Waals surface area contributed by atoms with E-state index in [9.17, 15) is 14.4 Å². The molecule has 0 N–H and O–H groups in total. The van der Waals surface area contributed by atoms with Gasteiger partial charge in [-0.15, -0.1) is 0 Å². The highest BCUT2D eigenvalue weighted by Crippen LogP contribution is 2.39. The molecule has 3 aromatic rings. The Bertz CT molecular complexity index is 1580. The maximum Gasteiger partial charge on any atom is 0.338 e. The Morgan fingerprint density at radius 1 is 0.725 bits per heavy atom. The zero-order chi connectivity index (χ0) is 29.1. The van der Waals surface area contributed by atoms with Crippen molar-refractivity contribution in [2.45, 2.75) is 39.7 Å². The minimum absolute atomic E-state index is 0.00578. The summed E-state index contributed by atoms with van der Waals surface area (Å²) >= 11 is 0. The number of halogens is 1. The van der Waals surface area contributed by atoms with Crippen LogP contribution in [0.3, 0.4) is 0 Å². The number of fused-ring (bicyclic) bond motifs is 1. The lowest BCUT2D eigenvalue weighted by atomic mass is 9.97. The summed E-state index contributed by atoms with van der Waals surface area (Å²) in [5.74, 6) is -2.37. The molecule has 0 radical (unpaired) electrons. The molecule has 1 aliphatic carbocycles. The third-order valence-electron chi connectivity index (χ3n) is 6.42. The molecule has 204 valence electrons. The van der Waals surface area contributed by atoms with Crippen LogP contribution in [0.5, 0.6) is 11.5 Å². The average Bonchev–Trinajstić information content (AvgIpc) is 3.31. The first-order valence-electron chi connectivity index (χ1n) is 12.6. The maximum absolute atomic E-state index is 15.4. The predicted molar refractivity (Wildman–Crippen MR) is 150 cm³/mol. The fourth-order valence-corrected chi connectivity index (χ4v) is 4.25. The number of carbonyl (C=O) groups is 3. The molecule has 0 fully saturated rings. The van der Waals surface area contributed by atoms with Crippen LogP contribution in [0.4, 0.5) is 4.39 Å². The van der Waals surface area contributed by atoms with E-state index in [1.807, 2.05) is 18.2 Å². The van der Waals surface area contributed by atoms with E-state index in [4.69, 9.17) is 14.2 Å². The van der Waals surface area contributed by atoms with Crippen LogP contribution in [0.15, 0.2) is 91.1 Å². The molecule has 0 saturated heterocycles. The highest BCUT2D eigenvalue weighted by Gasteiger charge is 2.26. The lowest BCUT2D eigenvalue weighted by Gasteiger charge is -2.14. The first-order valence-corrected chi connectivity index (χ1v) is 12.6. The van der Waals surface area contributed by atoms with Gasteiger partial charge in [0, 0.05) is 22.3 Å². The molecule has 0 spiro atoms. The van der Waals surface area contributed by atoms with Crippen molar-refractivity contribution < 1.29 is 33.0 Å². The maximum atomic E-state index is 15.4. The molecule has 1 unspecified atom stereocenters. The summed E-state index contributed by atoms with van der Waals surface area (Å²) in [6.45, 7) is 15.3. The Morgan fingerprint density at radius 3 is 1.93 bits per heavy atom. The topological polar surface area (TPSA) is 78.9 Å². The lowest BCUT2D eigenvalue weighted by Crippen LogP contribution is -2.12. The molecule has 1 atom stereocenters. The van der Waals surface area contributed by atoms with Crippen LogP contribution < -0.4 is 9.47 Å². The Balaban J connectivity index is 1.62. The van der Waals surface area contributed by atoms with E-state index in [0.29, 0.717) is 23.1 Å². The number of aryl methyl sites for hydroxylation is 1. The number of benzene rings is 3. The fraction of sp³-hybridized carbons (Fsp3) is 0.182. The van der Waals surface area contributed by atoms with E-state index in [1.54, 1.807) is 25.1 Å². The second-order valence-electron chi connectivity index (χ2n) is 9.82. The summed E-state index contributed by atoms with van der Waals surface area (Å²) in [5, 5.41) is 0. The quantitative estimate of drug-likeness (QED) is 0.170. The van der Waals surface area contributed by atoms with E-state index in [-0.39, 0.29) is 34.3 Å². The zero-order valence-corrected chi connectivity index (χ0v) is 22.6. The van der Waals surface area contributed by atoms with E-state index in [0.717, 1.165) is 23.1 Å². The van der Waals surface area contributed by atoms with Crippen LogP contribution in [-0.2, 0) is 25.5 Å². The van der Waals surface area contributed by atoms with Gasteiger partial charge in [0.05, 0.1) is 0 Å². The van der Waals surface area contributed by atoms with Crippen LogP contribution in [0.1, 0.15) is 44.4 Å². The molecule has 0 heterocycles. The largest absolute Gasteiger partial charge is 0.454 e. The van der Waals surface area contributed by atoms with Gasteiger partial charge in [-0.05, 0) is 79.6 Å². The van der Waals surface area contributed by atoms with Gasteiger partial charge in [0.15, 0.2) is 11.5 Å². The molecular formula is C33H29FO6. The number of rotatable bonds is 8. The molecule has 3 aromatic carbocycles. The molecular weight excluding hydrogens is 511 g/mol. The smallest absolute Gasteiger partial charge is 0.338 e. The molecule has 4 rings (SSSR count). The van der Waals surface area contributed by atoms with Crippen LogP contribution >= 0.6 is 0 Å². The van der Waals surface area contributed by atoms with Gasteiger partial charge in [0.25, 0.3) is 0 Å². The summed E-state index contributed by atoms with van der Waals surface area (Å²) in [6.07, 6.45) is 1.10. The van der Waals surface area contributed by atoms with Gasteiger partial charge < -0.3 is 14.2 Å². The Morgan fingerprint density at radius 2 is 1.30 bits per heavy atom. The standard InChI is InChI=1S/C33H29FO6/c1-18(2)31(35)38-28-13-9-23-15-21(8-12-26(23)28)22-7-11-25(27(34)16-22)24-10-14-29(39-32(36)19(3)4)30(17-24)40-33(37)20(5)6/h7-8,10-12,14-17,28H,1,3,5,9,13H2,2,4,6H3. The van der Waals surface area contributed by atoms with Gasteiger partial charge in [-0.2, -0.15) is 0 Å². The Kier molecular flexibility index (Phi) is 8.14. The summed E-state index contributed by atoms with van der Waals surface area (Å²) in [5.41, 5.74) is 4.84. The summed E-state index contributed by atoms with van der Waals surface area (Å²) < 4.78 is 31.6. The predicted octanol–water partition coefficient (Wildman–Crippen LogP) is 7.23. The minimum Gasteiger partial charge on any atom is -0.454 e. The zero-order valence-electron chi connectivity index (χ0n) is 22.6. The molecule has 6 nitrogen and oxygen atoms in total. The van der Waals surface area contributed by atoms with Crippen LogP contribution in [0.25, 0.3) is 22.3 Å². The summed E-state index contributed by atoms with van der Waals surface area (Å²) in [6, 6.07) is 15.1. The van der Waals surface area contributed by atoms with Gasteiger partial charge in [-0.25, -0.2) is 18.8 Å². The van der Waals surface area contributed by atoms with Crippen LogP contribution in [0, 0.1) is 5.82 Å². The summed E-state index contributed by atoms with van der Waals surface area (Å²) in [4.78, 5) is 36.2. The highest BCUT2D eigenvalue weighted by molar-refractivity contribution is 5.91. The molecule has 0 aliphatic heterocycles. The molecule has 7 heteroatoms. The van der Waals surface area contributed by atoms with Gasteiger partial charge in [-0.3, -0.25) is 0 Å². The van der Waals surface area contributed by atoms with E-state index < -0.39 is 23.7 Å². The molecule has 40 heavy (non-hydrogen) atoms. The van der Waals surface area contributed by atoms with Crippen molar-refractivity contribution >= 4 is 17.9 Å². The molecule has 0 aromatic heterocycles. The number of ether oxygens (including phenoxy) is 3. The van der Waals surface area contributed by atoms with Crippen molar-refractivity contribution in [3.63, 3.8) is 0 Å². The SMILES string of the molecule is C=C(C)C(=O)Oc1ccc(-c2ccc(-c3ccc4c(c3)CCC4OC(=O)C(=C)C)cc2F)cc1OC(=O)C(=C)C. The fourth-order valence-electron chi connectivity index (χ4n) is 4.25. The summed E-state index contributed by atoms with van der Waals surface area (Å²) in [7, 11) is 0.